The van der Waals surface area contributed by atoms with Gasteiger partial charge < -0.3 is 0 Å². The predicted octanol–water partition coefficient (Wildman–Crippen LogP) is 4.10. The third kappa shape index (κ3) is 2.52. The molecule has 0 saturated carbocycles. The maximum Gasteiger partial charge on any atom is 0.145 e. The Balaban J connectivity index is 2.31. The van der Waals surface area contributed by atoms with Crippen LogP contribution in [0.25, 0.3) is 11.1 Å². The van der Waals surface area contributed by atoms with E-state index in [0.29, 0.717) is 5.82 Å². The van der Waals surface area contributed by atoms with Gasteiger partial charge in [-0.05, 0) is 24.6 Å². The predicted molar refractivity (Wildman–Crippen MR) is 66.7 cm³/mol. The largest absolute Gasteiger partial charge is 0.239 e. The fourth-order valence-corrected chi connectivity index (χ4v) is 1.57. The zero-order chi connectivity index (χ0) is 11.5. The number of hydrogen-bond acceptors (Lipinski definition) is 2. The van der Waals surface area contributed by atoms with Crippen LogP contribution in [0.15, 0.2) is 36.7 Å². The smallest absolute Gasteiger partial charge is 0.145 e. The van der Waals surface area contributed by atoms with E-state index in [1.165, 1.54) is 0 Å². The average Bonchev–Trinajstić information content (AvgIpc) is 2.30. The highest BCUT2D eigenvalue weighted by molar-refractivity contribution is 6.30. The molecule has 1 aromatic heterocycles. The van der Waals surface area contributed by atoms with E-state index in [1.807, 2.05) is 31.2 Å². The number of nitrogens with zero attached hydrogens (tertiary/aromatic N) is 2. The van der Waals surface area contributed by atoms with Crippen molar-refractivity contribution in [3.63, 3.8) is 0 Å². The van der Waals surface area contributed by atoms with Crippen molar-refractivity contribution in [2.45, 2.75) is 12.3 Å². The van der Waals surface area contributed by atoms with Crippen molar-refractivity contribution < 1.29 is 0 Å². The summed E-state index contributed by atoms with van der Waals surface area (Å²) < 4.78 is 0. The van der Waals surface area contributed by atoms with Crippen LogP contribution in [-0.2, 0) is 0 Å². The molecule has 2 nitrogen and oxygen atoms in total. The van der Waals surface area contributed by atoms with E-state index in [-0.39, 0.29) is 5.38 Å². The van der Waals surface area contributed by atoms with E-state index in [4.69, 9.17) is 23.2 Å². The van der Waals surface area contributed by atoms with Crippen LogP contribution < -0.4 is 0 Å². The lowest BCUT2D eigenvalue weighted by Gasteiger charge is -2.04. The Kier molecular flexibility index (Phi) is 3.42. The van der Waals surface area contributed by atoms with Gasteiger partial charge >= 0.3 is 0 Å². The molecule has 0 spiro atoms. The van der Waals surface area contributed by atoms with Gasteiger partial charge in [-0.25, -0.2) is 9.97 Å². The first-order chi connectivity index (χ1) is 7.66. The quantitative estimate of drug-likeness (QED) is 0.753. The molecule has 0 saturated heterocycles. The molecule has 0 amide bonds. The summed E-state index contributed by atoms with van der Waals surface area (Å²) in [5.74, 6) is 0.638. The summed E-state index contributed by atoms with van der Waals surface area (Å²) in [5.41, 5.74) is 2.00. The van der Waals surface area contributed by atoms with Crippen LogP contribution in [0.3, 0.4) is 0 Å². The van der Waals surface area contributed by atoms with E-state index >= 15 is 0 Å². The van der Waals surface area contributed by atoms with Crippen LogP contribution in [0.5, 0.6) is 0 Å². The summed E-state index contributed by atoms with van der Waals surface area (Å²) in [5, 5.41) is 0.551. The minimum Gasteiger partial charge on any atom is -0.239 e. The highest BCUT2D eigenvalue weighted by Gasteiger charge is 2.05. The number of alkyl halides is 1. The summed E-state index contributed by atoms with van der Waals surface area (Å²) >= 11 is 11.7. The molecule has 82 valence electrons. The molecule has 1 aromatic carbocycles. The topological polar surface area (TPSA) is 25.8 Å². The molecule has 0 N–H and O–H groups in total. The van der Waals surface area contributed by atoms with Gasteiger partial charge in [-0.1, -0.05) is 23.7 Å². The molecular weight excluding hydrogens is 243 g/mol. The second kappa shape index (κ2) is 4.81. The summed E-state index contributed by atoms with van der Waals surface area (Å²) in [6.07, 6.45) is 3.54. The normalized spacial score (nSPS) is 12.4. The molecule has 4 heteroatoms. The van der Waals surface area contributed by atoms with Gasteiger partial charge in [-0.15, -0.1) is 11.6 Å². The molecule has 0 aliphatic carbocycles. The molecule has 0 aliphatic heterocycles. The SMILES string of the molecule is CC(Cl)c1ncc(-c2ccc(Cl)cc2)cn1. The van der Waals surface area contributed by atoms with Crippen molar-refractivity contribution in [3.05, 3.63) is 47.5 Å². The molecule has 2 rings (SSSR count). The Hall–Kier alpha value is -1.12. The molecule has 1 unspecified atom stereocenters. The molecule has 2 aromatic rings. The maximum atomic E-state index is 5.88. The van der Waals surface area contributed by atoms with Crippen LogP contribution in [0.2, 0.25) is 5.02 Å². The van der Waals surface area contributed by atoms with Crippen molar-refractivity contribution in [2.24, 2.45) is 0 Å². The van der Waals surface area contributed by atoms with E-state index in [9.17, 15) is 0 Å². The van der Waals surface area contributed by atoms with Crippen LogP contribution in [0.4, 0.5) is 0 Å². The summed E-state index contributed by atoms with van der Waals surface area (Å²) in [7, 11) is 0. The Morgan fingerprint density at radius 1 is 1.00 bits per heavy atom. The molecule has 0 radical (unpaired) electrons. The van der Waals surface area contributed by atoms with Gasteiger partial charge in [0, 0.05) is 23.0 Å². The fourth-order valence-electron chi connectivity index (χ4n) is 1.33. The highest BCUT2D eigenvalue weighted by atomic mass is 35.5. The lowest BCUT2D eigenvalue weighted by molar-refractivity contribution is 0.911. The third-order valence-electron chi connectivity index (χ3n) is 2.21. The van der Waals surface area contributed by atoms with Crippen LogP contribution in [0, 0.1) is 0 Å². The summed E-state index contributed by atoms with van der Waals surface area (Å²) in [6.45, 7) is 1.85. The molecular formula is C12H10Cl2N2. The second-order valence-corrected chi connectivity index (χ2v) is 4.54. The first-order valence-electron chi connectivity index (χ1n) is 4.89. The summed E-state index contributed by atoms with van der Waals surface area (Å²) in [6, 6.07) is 7.56. The molecule has 0 bridgehead atoms. The van der Waals surface area contributed by atoms with E-state index in [1.54, 1.807) is 12.4 Å². The average molecular weight is 253 g/mol. The van der Waals surface area contributed by atoms with Crippen molar-refractivity contribution in [2.75, 3.05) is 0 Å². The Morgan fingerprint density at radius 2 is 1.56 bits per heavy atom. The molecule has 1 atom stereocenters. The van der Waals surface area contributed by atoms with Gasteiger partial charge in [0.05, 0.1) is 5.38 Å². The lowest BCUT2D eigenvalue weighted by atomic mass is 10.1. The maximum absolute atomic E-state index is 5.88. The molecule has 0 fully saturated rings. The van der Waals surface area contributed by atoms with Crippen molar-refractivity contribution in [1.82, 2.24) is 9.97 Å². The number of halogens is 2. The third-order valence-corrected chi connectivity index (χ3v) is 2.65. The van der Waals surface area contributed by atoms with E-state index < -0.39 is 0 Å². The van der Waals surface area contributed by atoms with Crippen molar-refractivity contribution in [3.8, 4) is 11.1 Å². The lowest BCUT2D eigenvalue weighted by Crippen LogP contribution is -1.94. The molecule has 0 aliphatic rings. The van der Waals surface area contributed by atoms with Gasteiger partial charge in [0.25, 0.3) is 0 Å². The molecule has 16 heavy (non-hydrogen) atoms. The Bertz CT molecular complexity index is 463. The zero-order valence-corrected chi connectivity index (χ0v) is 10.2. The van der Waals surface area contributed by atoms with Crippen LogP contribution >= 0.6 is 23.2 Å². The van der Waals surface area contributed by atoms with Crippen LogP contribution in [-0.4, -0.2) is 9.97 Å². The molecule has 1 heterocycles. The van der Waals surface area contributed by atoms with Gasteiger partial charge in [-0.2, -0.15) is 0 Å². The Morgan fingerprint density at radius 3 is 2.06 bits per heavy atom. The first kappa shape index (κ1) is 11.4. The minimum absolute atomic E-state index is 0.167. The van der Waals surface area contributed by atoms with Crippen LogP contribution in [0.1, 0.15) is 18.1 Å². The van der Waals surface area contributed by atoms with Gasteiger partial charge in [-0.3, -0.25) is 0 Å². The van der Waals surface area contributed by atoms with Crippen molar-refractivity contribution >= 4 is 23.2 Å². The first-order valence-corrected chi connectivity index (χ1v) is 5.70. The minimum atomic E-state index is -0.167. The van der Waals surface area contributed by atoms with Crippen molar-refractivity contribution in [1.29, 1.82) is 0 Å². The second-order valence-electron chi connectivity index (χ2n) is 3.45. The van der Waals surface area contributed by atoms with Gasteiger partial charge in [0.1, 0.15) is 5.82 Å². The highest BCUT2D eigenvalue weighted by Crippen LogP contribution is 2.21. The number of aromatic nitrogens is 2. The Labute approximate surface area is 104 Å². The number of hydrogen-bond donors (Lipinski definition) is 0. The number of rotatable bonds is 2. The van der Waals surface area contributed by atoms with Gasteiger partial charge in [0.15, 0.2) is 0 Å². The fraction of sp³-hybridized carbons (Fsp3) is 0.167. The van der Waals surface area contributed by atoms with E-state index in [0.717, 1.165) is 16.1 Å². The monoisotopic (exact) mass is 252 g/mol. The zero-order valence-electron chi connectivity index (χ0n) is 8.69. The number of benzene rings is 1. The summed E-state index contributed by atoms with van der Waals surface area (Å²) in [4.78, 5) is 8.40. The standard InChI is InChI=1S/C12H10Cl2N2/c1-8(13)12-15-6-10(7-16-12)9-2-4-11(14)5-3-9/h2-8H,1H3. The van der Waals surface area contributed by atoms with Gasteiger partial charge in [0.2, 0.25) is 0 Å². The van der Waals surface area contributed by atoms with E-state index in [2.05, 4.69) is 9.97 Å².